The number of carbonyl (C=O) groups is 1. The largest absolute Gasteiger partial charge is 0.330 e. The van der Waals surface area contributed by atoms with Gasteiger partial charge in [0.25, 0.3) is 0 Å². The van der Waals surface area contributed by atoms with Gasteiger partial charge in [0.2, 0.25) is 6.04 Å². The molecule has 0 aliphatic heterocycles. The first-order valence-corrected chi connectivity index (χ1v) is 5.26. The lowest BCUT2D eigenvalue weighted by molar-refractivity contribution is -0.523. The minimum atomic E-state index is -1.16. The average Bonchev–Trinajstić information content (AvgIpc) is 2.35. The van der Waals surface area contributed by atoms with Gasteiger partial charge in [0.05, 0.1) is 0 Å². The van der Waals surface area contributed by atoms with Gasteiger partial charge in [0.1, 0.15) is 6.04 Å². The summed E-state index contributed by atoms with van der Waals surface area (Å²) in [7, 11) is 0. The summed E-state index contributed by atoms with van der Waals surface area (Å²) in [5, 5.41) is 10.8. The van der Waals surface area contributed by atoms with E-state index in [1.165, 1.54) is 0 Å². The van der Waals surface area contributed by atoms with Crippen LogP contribution in [0.15, 0.2) is 30.3 Å². The smallest absolute Gasteiger partial charge is 0.236 e. The highest BCUT2D eigenvalue weighted by Crippen LogP contribution is 2.09. The van der Waals surface area contributed by atoms with Crippen molar-refractivity contribution in [2.45, 2.75) is 18.5 Å². The Morgan fingerprint density at radius 1 is 1.35 bits per heavy atom. The number of nitro groups is 1. The van der Waals surface area contributed by atoms with Gasteiger partial charge >= 0.3 is 0 Å². The standard InChI is InChI=1S/C11H15N3O3/c12-7-6-9(14(16)17)10(13)11(15)8-4-2-1-3-5-8/h1-5,9-10H,6-7,12-13H2. The molecule has 6 nitrogen and oxygen atoms in total. The second-order valence-electron chi connectivity index (χ2n) is 3.69. The molecule has 2 unspecified atom stereocenters. The summed E-state index contributed by atoms with van der Waals surface area (Å²) in [6, 6.07) is 6.01. The molecule has 17 heavy (non-hydrogen) atoms. The van der Waals surface area contributed by atoms with Crippen LogP contribution in [0.5, 0.6) is 0 Å². The molecule has 0 saturated heterocycles. The number of nitrogens with two attached hydrogens (primary N) is 2. The molecule has 4 N–H and O–H groups in total. The van der Waals surface area contributed by atoms with E-state index in [1.54, 1.807) is 30.3 Å². The third kappa shape index (κ3) is 3.33. The number of Topliss-reactive ketones (excluding diaryl/α,β-unsaturated/α-hetero) is 1. The molecule has 1 aromatic carbocycles. The number of rotatable bonds is 6. The Kier molecular flexibility index (Phi) is 4.74. The SMILES string of the molecule is NCCC(C(N)C(=O)c1ccccc1)[N+](=O)[O-]. The number of benzene rings is 1. The van der Waals surface area contributed by atoms with E-state index in [-0.39, 0.29) is 13.0 Å². The predicted octanol–water partition coefficient (Wildman–Crippen LogP) is 0.191. The molecular weight excluding hydrogens is 222 g/mol. The number of carbonyl (C=O) groups excluding carboxylic acids is 1. The van der Waals surface area contributed by atoms with E-state index in [0.29, 0.717) is 5.56 Å². The van der Waals surface area contributed by atoms with Gasteiger partial charge < -0.3 is 11.5 Å². The minimum Gasteiger partial charge on any atom is -0.330 e. The van der Waals surface area contributed by atoms with Crippen LogP contribution in [0.1, 0.15) is 16.8 Å². The summed E-state index contributed by atoms with van der Waals surface area (Å²) >= 11 is 0. The van der Waals surface area contributed by atoms with Crippen LogP contribution in [0.25, 0.3) is 0 Å². The third-order valence-corrected chi connectivity index (χ3v) is 2.51. The zero-order chi connectivity index (χ0) is 12.8. The Labute approximate surface area is 98.8 Å². The quantitative estimate of drug-likeness (QED) is 0.416. The molecule has 6 heteroatoms. The van der Waals surface area contributed by atoms with E-state index >= 15 is 0 Å². The van der Waals surface area contributed by atoms with Crippen LogP contribution in [0, 0.1) is 10.1 Å². The second-order valence-corrected chi connectivity index (χ2v) is 3.69. The van der Waals surface area contributed by atoms with Crippen molar-refractivity contribution in [2.24, 2.45) is 11.5 Å². The lowest BCUT2D eigenvalue weighted by atomic mass is 9.97. The van der Waals surface area contributed by atoms with Gasteiger partial charge in [0, 0.05) is 16.9 Å². The maximum Gasteiger partial charge on any atom is 0.236 e. The second kappa shape index (κ2) is 6.07. The predicted molar refractivity (Wildman–Crippen MR) is 63.2 cm³/mol. The normalized spacial score (nSPS) is 14.0. The number of nitrogens with zero attached hydrogens (tertiary/aromatic N) is 1. The summed E-state index contributed by atoms with van der Waals surface area (Å²) < 4.78 is 0. The van der Waals surface area contributed by atoms with E-state index in [2.05, 4.69) is 0 Å². The lowest BCUT2D eigenvalue weighted by Gasteiger charge is -2.15. The minimum absolute atomic E-state index is 0.0900. The zero-order valence-corrected chi connectivity index (χ0v) is 9.28. The van der Waals surface area contributed by atoms with Gasteiger partial charge in [-0.05, 0) is 6.54 Å². The van der Waals surface area contributed by atoms with Crippen molar-refractivity contribution < 1.29 is 9.72 Å². The molecular formula is C11H15N3O3. The molecule has 92 valence electrons. The molecule has 0 spiro atoms. The highest BCUT2D eigenvalue weighted by atomic mass is 16.6. The van der Waals surface area contributed by atoms with Crippen molar-refractivity contribution in [2.75, 3.05) is 6.54 Å². The summed E-state index contributed by atoms with van der Waals surface area (Å²) in [6.45, 7) is 0.126. The van der Waals surface area contributed by atoms with Crippen LogP contribution in [0.4, 0.5) is 0 Å². The van der Waals surface area contributed by atoms with Crippen LogP contribution in [0.2, 0.25) is 0 Å². The Bertz CT molecular complexity index is 394. The maximum atomic E-state index is 11.9. The van der Waals surface area contributed by atoms with Crippen LogP contribution < -0.4 is 11.5 Å². The average molecular weight is 237 g/mol. The van der Waals surface area contributed by atoms with Crippen LogP contribution in [-0.2, 0) is 0 Å². The van der Waals surface area contributed by atoms with E-state index < -0.39 is 22.8 Å². The van der Waals surface area contributed by atoms with Crippen LogP contribution in [-0.4, -0.2) is 29.3 Å². The summed E-state index contributed by atoms with van der Waals surface area (Å²) in [5.74, 6) is -0.430. The van der Waals surface area contributed by atoms with Crippen molar-refractivity contribution in [1.82, 2.24) is 0 Å². The molecule has 0 amide bonds. The molecule has 0 bridgehead atoms. The fourth-order valence-electron chi connectivity index (χ4n) is 1.56. The van der Waals surface area contributed by atoms with E-state index in [1.807, 2.05) is 0 Å². The highest BCUT2D eigenvalue weighted by molar-refractivity contribution is 6.00. The van der Waals surface area contributed by atoms with Crippen molar-refractivity contribution in [3.63, 3.8) is 0 Å². The van der Waals surface area contributed by atoms with E-state index in [0.717, 1.165) is 0 Å². The van der Waals surface area contributed by atoms with Gasteiger partial charge in [-0.2, -0.15) is 0 Å². The molecule has 2 atom stereocenters. The van der Waals surface area contributed by atoms with Gasteiger partial charge in [-0.15, -0.1) is 0 Å². The molecule has 0 aromatic heterocycles. The maximum absolute atomic E-state index is 11.9. The molecule has 0 aliphatic rings. The zero-order valence-electron chi connectivity index (χ0n) is 9.28. The Morgan fingerprint density at radius 2 is 1.94 bits per heavy atom. The fourth-order valence-corrected chi connectivity index (χ4v) is 1.56. The molecule has 0 saturated carbocycles. The molecule has 0 fully saturated rings. The Hall–Kier alpha value is -1.79. The highest BCUT2D eigenvalue weighted by Gasteiger charge is 2.33. The Balaban J connectivity index is 2.84. The van der Waals surface area contributed by atoms with Gasteiger partial charge in [0.15, 0.2) is 5.78 Å². The first-order valence-electron chi connectivity index (χ1n) is 5.26. The van der Waals surface area contributed by atoms with Crippen molar-refractivity contribution in [3.05, 3.63) is 46.0 Å². The summed E-state index contributed by atoms with van der Waals surface area (Å²) in [4.78, 5) is 22.1. The van der Waals surface area contributed by atoms with E-state index in [4.69, 9.17) is 11.5 Å². The number of ketones is 1. The topological polar surface area (TPSA) is 112 Å². The molecule has 0 heterocycles. The Morgan fingerprint density at radius 3 is 2.41 bits per heavy atom. The molecule has 0 radical (unpaired) electrons. The summed E-state index contributed by atoms with van der Waals surface area (Å²) in [5.41, 5.74) is 11.3. The molecule has 1 aromatic rings. The molecule has 0 aliphatic carbocycles. The van der Waals surface area contributed by atoms with Crippen LogP contribution >= 0.6 is 0 Å². The van der Waals surface area contributed by atoms with Crippen LogP contribution in [0.3, 0.4) is 0 Å². The monoisotopic (exact) mass is 237 g/mol. The van der Waals surface area contributed by atoms with Crippen molar-refractivity contribution in [3.8, 4) is 0 Å². The first kappa shape index (κ1) is 13.3. The van der Waals surface area contributed by atoms with E-state index in [9.17, 15) is 14.9 Å². The van der Waals surface area contributed by atoms with Gasteiger partial charge in [-0.25, -0.2) is 0 Å². The fraction of sp³-hybridized carbons (Fsp3) is 0.364. The molecule has 1 rings (SSSR count). The van der Waals surface area contributed by atoms with Crippen molar-refractivity contribution >= 4 is 5.78 Å². The lowest BCUT2D eigenvalue weighted by Crippen LogP contribution is -2.47. The number of hydrogen-bond donors (Lipinski definition) is 2. The third-order valence-electron chi connectivity index (χ3n) is 2.51. The summed E-state index contributed by atoms with van der Waals surface area (Å²) in [6.07, 6.45) is 0.0900. The van der Waals surface area contributed by atoms with Gasteiger partial charge in [-0.3, -0.25) is 14.9 Å². The van der Waals surface area contributed by atoms with Crippen molar-refractivity contribution in [1.29, 1.82) is 0 Å². The van der Waals surface area contributed by atoms with Gasteiger partial charge in [-0.1, -0.05) is 30.3 Å². The number of hydrogen-bond acceptors (Lipinski definition) is 5. The first-order chi connectivity index (χ1) is 8.07.